The Morgan fingerprint density at radius 3 is 2.59 bits per heavy atom. The van der Waals surface area contributed by atoms with Crippen LogP contribution in [0, 0.1) is 0 Å². The van der Waals surface area contributed by atoms with Gasteiger partial charge >= 0.3 is 0 Å². The maximum absolute atomic E-state index is 12.2. The third-order valence-electron chi connectivity index (χ3n) is 4.12. The fourth-order valence-electron chi connectivity index (χ4n) is 2.65. The van der Waals surface area contributed by atoms with E-state index in [2.05, 4.69) is 12.1 Å². The summed E-state index contributed by atoms with van der Waals surface area (Å²) < 4.78 is 11.1. The Hall–Kier alpha value is -1.43. The van der Waals surface area contributed by atoms with E-state index in [9.17, 15) is 4.79 Å². The largest absolute Gasteiger partial charge is 0.380 e. The van der Waals surface area contributed by atoms with Crippen LogP contribution in [0.15, 0.2) is 30.3 Å². The molecule has 1 heterocycles. The summed E-state index contributed by atoms with van der Waals surface area (Å²) in [4.78, 5) is 14.1. The van der Waals surface area contributed by atoms with Crippen LogP contribution in [0.4, 0.5) is 0 Å². The summed E-state index contributed by atoms with van der Waals surface area (Å²) in [6.07, 6.45) is 2.19. The molecule has 0 radical (unpaired) electrons. The number of hydrogen-bond donors (Lipinski definition) is 1. The average Bonchev–Trinajstić information content (AvgIpc) is 2.59. The first-order chi connectivity index (χ1) is 10.7. The molecule has 122 valence electrons. The third-order valence-corrected chi connectivity index (χ3v) is 4.12. The highest BCUT2D eigenvalue weighted by atomic mass is 16.5. The number of rotatable bonds is 7. The minimum absolute atomic E-state index is 0.124. The van der Waals surface area contributed by atoms with Crippen molar-refractivity contribution < 1.29 is 14.3 Å². The van der Waals surface area contributed by atoms with Gasteiger partial charge in [-0.3, -0.25) is 4.79 Å². The van der Waals surface area contributed by atoms with Crippen molar-refractivity contribution in [3.8, 4) is 0 Å². The summed E-state index contributed by atoms with van der Waals surface area (Å²) in [7, 11) is 1.59. The lowest BCUT2D eigenvalue weighted by Crippen LogP contribution is -2.42. The molecule has 0 spiro atoms. The Bertz CT molecular complexity index is 440. The highest BCUT2D eigenvalue weighted by molar-refractivity contribution is 5.76. The van der Waals surface area contributed by atoms with Gasteiger partial charge in [-0.2, -0.15) is 0 Å². The van der Waals surface area contributed by atoms with Crippen LogP contribution in [0.3, 0.4) is 0 Å². The van der Waals surface area contributed by atoms with Crippen molar-refractivity contribution in [2.45, 2.75) is 38.1 Å². The average molecular weight is 306 g/mol. The molecular weight excluding hydrogens is 280 g/mol. The van der Waals surface area contributed by atoms with Crippen LogP contribution in [0.2, 0.25) is 0 Å². The topological polar surface area (TPSA) is 64.8 Å². The molecule has 0 aliphatic carbocycles. The highest BCUT2D eigenvalue weighted by Gasteiger charge is 2.24. The number of methoxy groups -OCH3 is 1. The molecule has 1 saturated heterocycles. The molecule has 1 amide bonds. The number of benzene rings is 1. The van der Waals surface area contributed by atoms with Gasteiger partial charge in [0.25, 0.3) is 0 Å². The van der Waals surface area contributed by atoms with Crippen LogP contribution < -0.4 is 5.73 Å². The zero-order valence-electron chi connectivity index (χ0n) is 13.2. The van der Waals surface area contributed by atoms with E-state index >= 15 is 0 Å². The molecule has 0 saturated carbocycles. The van der Waals surface area contributed by atoms with E-state index in [1.807, 2.05) is 23.1 Å². The Labute approximate surface area is 132 Å². The van der Waals surface area contributed by atoms with Crippen LogP contribution in [0.5, 0.6) is 0 Å². The zero-order valence-corrected chi connectivity index (χ0v) is 13.2. The van der Waals surface area contributed by atoms with Gasteiger partial charge in [0.1, 0.15) is 0 Å². The number of nitrogens with two attached hydrogens (primary N) is 1. The summed E-state index contributed by atoms with van der Waals surface area (Å²) in [6, 6.07) is 10.2. The molecular formula is C17H26N2O3. The predicted molar refractivity (Wildman–Crippen MR) is 85.3 cm³/mol. The molecule has 5 heteroatoms. The van der Waals surface area contributed by atoms with E-state index in [1.165, 1.54) is 5.56 Å². The Morgan fingerprint density at radius 2 is 2.00 bits per heavy atom. The van der Waals surface area contributed by atoms with Crippen LogP contribution in [-0.4, -0.2) is 49.8 Å². The van der Waals surface area contributed by atoms with E-state index in [-0.39, 0.29) is 18.1 Å². The first-order valence-electron chi connectivity index (χ1n) is 7.89. The Morgan fingerprint density at radius 1 is 1.32 bits per heavy atom. The SMILES string of the molecule is COC(CN)CC(=O)N1CCC(OCc2ccccc2)CC1. The van der Waals surface area contributed by atoms with Crippen molar-refractivity contribution >= 4 is 5.91 Å². The molecule has 1 aliphatic rings. The first kappa shape index (κ1) is 16.9. The summed E-state index contributed by atoms with van der Waals surface area (Å²) in [5, 5.41) is 0. The molecule has 2 rings (SSSR count). The van der Waals surface area contributed by atoms with Gasteiger partial charge in [0.05, 0.1) is 25.2 Å². The molecule has 1 aromatic carbocycles. The molecule has 1 aliphatic heterocycles. The second kappa shape index (κ2) is 8.88. The molecule has 2 N–H and O–H groups in total. The van der Waals surface area contributed by atoms with Gasteiger partial charge in [-0.1, -0.05) is 30.3 Å². The molecule has 1 unspecified atom stereocenters. The zero-order chi connectivity index (χ0) is 15.8. The number of carbonyl (C=O) groups excluding carboxylic acids is 1. The summed E-state index contributed by atoms with van der Waals surface area (Å²) in [6.45, 7) is 2.51. The van der Waals surface area contributed by atoms with Crippen LogP contribution in [0.25, 0.3) is 0 Å². The van der Waals surface area contributed by atoms with Gasteiger partial charge in [0, 0.05) is 26.7 Å². The van der Waals surface area contributed by atoms with Gasteiger partial charge in [0.2, 0.25) is 5.91 Å². The van der Waals surface area contributed by atoms with Gasteiger partial charge in [-0.05, 0) is 18.4 Å². The van der Waals surface area contributed by atoms with Crippen molar-refractivity contribution in [1.29, 1.82) is 0 Å². The summed E-state index contributed by atoms with van der Waals surface area (Å²) in [5.41, 5.74) is 6.75. The summed E-state index contributed by atoms with van der Waals surface area (Å²) >= 11 is 0. The lowest BCUT2D eigenvalue weighted by Gasteiger charge is -2.32. The summed E-state index contributed by atoms with van der Waals surface area (Å²) in [5.74, 6) is 0.124. The minimum atomic E-state index is -0.181. The van der Waals surface area contributed by atoms with Crippen molar-refractivity contribution in [3.05, 3.63) is 35.9 Å². The van der Waals surface area contributed by atoms with E-state index in [0.29, 0.717) is 19.6 Å². The van der Waals surface area contributed by atoms with Gasteiger partial charge < -0.3 is 20.1 Å². The van der Waals surface area contributed by atoms with E-state index < -0.39 is 0 Å². The standard InChI is InChI=1S/C17H26N2O3/c1-21-16(12-18)11-17(20)19-9-7-15(8-10-19)22-13-14-5-3-2-4-6-14/h2-6,15-16H,7-13,18H2,1H3. The lowest BCUT2D eigenvalue weighted by molar-refractivity contribution is -0.136. The van der Waals surface area contributed by atoms with E-state index in [0.717, 1.165) is 25.9 Å². The lowest BCUT2D eigenvalue weighted by atomic mass is 10.1. The quantitative estimate of drug-likeness (QED) is 0.830. The monoisotopic (exact) mass is 306 g/mol. The van der Waals surface area contributed by atoms with Gasteiger partial charge in [-0.25, -0.2) is 0 Å². The minimum Gasteiger partial charge on any atom is -0.380 e. The maximum atomic E-state index is 12.2. The van der Waals surface area contributed by atoms with Crippen LogP contribution in [-0.2, 0) is 20.9 Å². The highest BCUT2D eigenvalue weighted by Crippen LogP contribution is 2.17. The van der Waals surface area contributed by atoms with E-state index in [1.54, 1.807) is 7.11 Å². The number of ether oxygens (including phenoxy) is 2. The fraction of sp³-hybridized carbons (Fsp3) is 0.588. The van der Waals surface area contributed by atoms with Crippen LogP contribution in [0.1, 0.15) is 24.8 Å². The van der Waals surface area contributed by atoms with Crippen LogP contribution >= 0.6 is 0 Å². The smallest absolute Gasteiger partial charge is 0.225 e. The number of nitrogens with zero attached hydrogens (tertiary/aromatic N) is 1. The number of piperidine rings is 1. The van der Waals surface area contributed by atoms with Crippen molar-refractivity contribution in [2.24, 2.45) is 5.73 Å². The number of likely N-dealkylation sites (tertiary alicyclic amines) is 1. The maximum Gasteiger partial charge on any atom is 0.225 e. The van der Waals surface area contributed by atoms with Crippen molar-refractivity contribution in [3.63, 3.8) is 0 Å². The molecule has 22 heavy (non-hydrogen) atoms. The molecule has 1 aromatic rings. The van der Waals surface area contributed by atoms with Crippen molar-refractivity contribution in [1.82, 2.24) is 4.90 Å². The molecule has 1 atom stereocenters. The number of carbonyl (C=O) groups is 1. The molecule has 5 nitrogen and oxygen atoms in total. The second-order valence-electron chi connectivity index (χ2n) is 5.67. The molecule has 0 aromatic heterocycles. The van der Waals surface area contributed by atoms with Crippen molar-refractivity contribution in [2.75, 3.05) is 26.7 Å². The van der Waals surface area contributed by atoms with Gasteiger partial charge in [0.15, 0.2) is 0 Å². The predicted octanol–water partition coefficient (Wildman–Crippen LogP) is 1.56. The fourth-order valence-corrected chi connectivity index (χ4v) is 2.65. The normalized spacial score (nSPS) is 17.5. The van der Waals surface area contributed by atoms with E-state index in [4.69, 9.17) is 15.2 Å². The number of amides is 1. The first-order valence-corrected chi connectivity index (χ1v) is 7.89. The van der Waals surface area contributed by atoms with Gasteiger partial charge in [-0.15, -0.1) is 0 Å². The number of hydrogen-bond acceptors (Lipinski definition) is 4. The second-order valence-corrected chi connectivity index (χ2v) is 5.67. The third kappa shape index (κ3) is 5.09. The Kier molecular flexibility index (Phi) is 6.83. The molecule has 0 bridgehead atoms. The molecule has 1 fully saturated rings. The Balaban J connectivity index is 1.70.